The Labute approximate surface area is 99.3 Å². The quantitative estimate of drug-likeness (QED) is 0.466. The lowest BCUT2D eigenvalue weighted by Crippen LogP contribution is -1.97. The van der Waals surface area contributed by atoms with Gasteiger partial charge < -0.3 is 0 Å². The molecule has 0 aliphatic carbocycles. The predicted octanol–water partition coefficient (Wildman–Crippen LogP) is 2.24. The minimum atomic E-state index is -0.670. The minimum absolute atomic E-state index is 0.0676. The first-order chi connectivity index (χ1) is 8.08. The lowest BCUT2D eigenvalue weighted by molar-refractivity contribution is -0.384. The topological polar surface area (TPSA) is 81.8 Å². The highest BCUT2D eigenvalue weighted by atomic mass is 35.5. The van der Waals surface area contributed by atoms with Crippen LogP contribution in [0, 0.1) is 15.9 Å². The molecule has 0 amide bonds. The fraction of sp³-hybridized carbons (Fsp3) is 0. The van der Waals surface area contributed by atoms with Crippen molar-refractivity contribution in [1.82, 2.24) is 15.0 Å². The van der Waals surface area contributed by atoms with Crippen LogP contribution in [0.1, 0.15) is 0 Å². The van der Waals surface area contributed by atoms with Crippen LogP contribution in [-0.2, 0) is 0 Å². The molecule has 0 atom stereocenters. The van der Waals surface area contributed by atoms with E-state index in [-0.39, 0.29) is 22.2 Å². The number of hydrogen-bond acceptors (Lipinski definition) is 5. The third kappa shape index (κ3) is 2.34. The van der Waals surface area contributed by atoms with Gasteiger partial charge in [0.25, 0.3) is 0 Å². The maximum absolute atomic E-state index is 13.0. The van der Waals surface area contributed by atoms with E-state index in [0.29, 0.717) is 0 Å². The highest BCUT2D eigenvalue weighted by Crippen LogP contribution is 2.27. The summed E-state index contributed by atoms with van der Waals surface area (Å²) in [7, 11) is 0. The SMILES string of the molecule is O=[N+]([O-])c1cnc(Cl)nc1-c1cncc(F)c1. The second-order valence-corrected chi connectivity index (χ2v) is 3.36. The molecule has 0 aliphatic rings. The van der Waals surface area contributed by atoms with Gasteiger partial charge in [-0.05, 0) is 17.7 Å². The van der Waals surface area contributed by atoms with Gasteiger partial charge in [0, 0.05) is 11.8 Å². The number of nitrogens with zero attached hydrogens (tertiary/aromatic N) is 4. The van der Waals surface area contributed by atoms with E-state index in [4.69, 9.17) is 11.6 Å². The highest BCUT2D eigenvalue weighted by molar-refractivity contribution is 6.28. The number of hydrogen-bond donors (Lipinski definition) is 0. The summed E-state index contributed by atoms with van der Waals surface area (Å²) in [6.07, 6.45) is 3.21. The summed E-state index contributed by atoms with van der Waals surface area (Å²) >= 11 is 5.55. The normalized spacial score (nSPS) is 10.2. The van der Waals surface area contributed by atoms with E-state index in [1.165, 1.54) is 6.20 Å². The molecule has 0 saturated heterocycles. The first-order valence-corrected chi connectivity index (χ1v) is 4.73. The summed E-state index contributed by atoms with van der Waals surface area (Å²) in [5.74, 6) is -0.619. The Bertz CT molecular complexity index is 593. The van der Waals surface area contributed by atoms with Crippen LogP contribution in [0.15, 0.2) is 24.7 Å². The summed E-state index contributed by atoms with van der Waals surface area (Å²) in [6.45, 7) is 0. The molecule has 0 fully saturated rings. The Morgan fingerprint density at radius 2 is 2.12 bits per heavy atom. The largest absolute Gasteiger partial charge is 0.313 e. The smallest absolute Gasteiger partial charge is 0.261 e. The van der Waals surface area contributed by atoms with Crippen molar-refractivity contribution in [3.63, 3.8) is 0 Å². The van der Waals surface area contributed by atoms with E-state index in [9.17, 15) is 14.5 Å². The Morgan fingerprint density at radius 1 is 1.35 bits per heavy atom. The third-order valence-corrected chi connectivity index (χ3v) is 2.10. The lowest BCUT2D eigenvalue weighted by atomic mass is 10.2. The van der Waals surface area contributed by atoms with E-state index in [1.54, 1.807) is 0 Å². The fourth-order valence-corrected chi connectivity index (χ4v) is 1.37. The van der Waals surface area contributed by atoms with Crippen molar-refractivity contribution in [3.05, 3.63) is 45.9 Å². The van der Waals surface area contributed by atoms with Crippen LogP contribution in [0.2, 0.25) is 5.28 Å². The molecule has 2 heterocycles. The van der Waals surface area contributed by atoms with Crippen LogP contribution < -0.4 is 0 Å². The van der Waals surface area contributed by atoms with Gasteiger partial charge in [-0.2, -0.15) is 0 Å². The van der Waals surface area contributed by atoms with Gasteiger partial charge in [0.05, 0.1) is 11.1 Å². The van der Waals surface area contributed by atoms with Crippen molar-refractivity contribution < 1.29 is 9.31 Å². The summed E-state index contributed by atoms with van der Waals surface area (Å²) in [6, 6.07) is 1.08. The van der Waals surface area contributed by atoms with Gasteiger partial charge in [0.1, 0.15) is 12.0 Å². The zero-order valence-electron chi connectivity index (χ0n) is 8.17. The molecule has 2 aromatic heterocycles. The molecule has 2 aromatic rings. The van der Waals surface area contributed by atoms with Gasteiger partial charge in [0.15, 0.2) is 5.69 Å². The van der Waals surface area contributed by atoms with Crippen molar-refractivity contribution in [2.75, 3.05) is 0 Å². The van der Waals surface area contributed by atoms with Crippen molar-refractivity contribution >= 4 is 17.3 Å². The Hall–Kier alpha value is -2.15. The van der Waals surface area contributed by atoms with Gasteiger partial charge in [-0.15, -0.1) is 0 Å². The maximum atomic E-state index is 13.0. The van der Waals surface area contributed by atoms with Crippen LogP contribution in [0.4, 0.5) is 10.1 Å². The number of rotatable bonds is 2. The predicted molar refractivity (Wildman–Crippen MR) is 56.9 cm³/mol. The van der Waals surface area contributed by atoms with E-state index in [2.05, 4.69) is 15.0 Å². The molecule has 0 radical (unpaired) electrons. The monoisotopic (exact) mass is 254 g/mol. The van der Waals surface area contributed by atoms with E-state index >= 15 is 0 Å². The number of nitro groups is 1. The van der Waals surface area contributed by atoms with E-state index in [1.807, 2.05) is 0 Å². The van der Waals surface area contributed by atoms with E-state index in [0.717, 1.165) is 18.5 Å². The molecular weight excluding hydrogens is 251 g/mol. The molecule has 0 aromatic carbocycles. The number of aromatic nitrogens is 3. The molecule has 0 aliphatic heterocycles. The molecule has 0 spiro atoms. The molecule has 17 heavy (non-hydrogen) atoms. The number of pyridine rings is 1. The molecule has 0 saturated carbocycles. The van der Waals surface area contributed by atoms with Crippen LogP contribution in [0.5, 0.6) is 0 Å². The van der Waals surface area contributed by atoms with Crippen molar-refractivity contribution in [2.24, 2.45) is 0 Å². The standard InChI is InChI=1S/C9H4ClFN4O2/c10-9-13-4-7(15(16)17)8(14-9)5-1-6(11)3-12-2-5/h1-4H. The summed E-state index contributed by atoms with van der Waals surface area (Å²) < 4.78 is 13.0. The van der Waals surface area contributed by atoms with Crippen LogP contribution >= 0.6 is 11.6 Å². The van der Waals surface area contributed by atoms with Crippen molar-refractivity contribution in [1.29, 1.82) is 0 Å². The maximum Gasteiger partial charge on any atom is 0.313 e. The zero-order valence-corrected chi connectivity index (χ0v) is 8.93. The summed E-state index contributed by atoms with van der Waals surface area (Å²) in [4.78, 5) is 20.9. The minimum Gasteiger partial charge on any atom is -0.261 e. The Kier molecular flexibility index (Phi) is 2.92. The first kappa shape index (κ1) is 11.3. The molecular formula is C9H4ClFN4O2. The van der Waals surface area contributed by atoms with Gasteiger partial charge in [-0.1, -0.05) is 0 Å². The number of halogens is 2. The molecule has 0 bridgehead atoms. The lowest BCUT2D eigenvalue weighted by Gasteiger charge is -2.01. The van der Waals surface area contributed by atoms with Gasteiger partial charge in [-0.3, -0.25) is 15.1 Å². The van der Waals surface area contributed by atoms with Gasteiger partial charge >= 0.3 is 5.69 Å². The Morgan fingerprint density at radius 3 is 2.76 bits per heavy atom. The first-order valence-electron chi connectivity index (χ1n) is 4.36. The molecule has 86 valence electrons. The highest BCUT2D eigenvalue weighted by Gasteiger charge is 2.19. The van der Waals surface area contributed by atoms with E-state index < -0.39 is 10.7 Å². The van der Waals surface area contributed by atoms with Crippen LogP contribution in [-0.4, -0.2) is 19.9 Å². The second-order valence-electron chi connectivity index (χ2n) is 3.02. The fourth-order valence-electron chi connectivity index (χ4n) is 1.24. The van der Waals surface area contributed by atoms with Crippen molar-refractivity contribution in [3.8, 4) is 11.3 Å². The summed E-state index contributed by atoms with van der Waals surface area (Å²) in [5.41, 5.74) is -0.259. The Balaban J connectivity index is 2.65. The third-order valence-electron chi connectivity index (χ3n) is 1.92. The zero-order chi connectivity index (χ0) is 12.4. The molecule has 8 heteroatoms. The average molecular weight is 255 g/mol. The van der Waals surface area contributed by atoms with Gasteiger partial charge in [0.2, 0.25) is 5.28 Å². The average Bonchev–Trinajstić information content (AvgIpc) is 2.28. The molecule has 0 N–H and O–H groups in total. The van der Waals surface area contributed by atoms with Crippen LogP contribution in [0.3, 0.4) is 0 Å². The molecule has 2 rings (SSSR count). The molecule has 6 nitrogen and oxygen atoms in total. The van der Waals surface area contributed by atoms with Crippen molar-refractivity contribution in [2.45, 2.75) is 0 Å². The second kappa shape index (κ2) is 4.38. The molecule has 0 unspecified atom stereocenters. The van der Waals surface area contributed by atoms with Crippen LogP contribution in [0.25, 0.3) is 11.3 Å². The summed E-state index contributed by atoms with van der Waals surface area (Å²) in [5, 5.41) is 10.6. The van der Waals surface area contributed by atoms with Gasteiger partial charge in [-0.25, -0.2) is 14.4 Å².